The summed E-state index contributed by atoms with van der Waals surface area (Å²) in [5.74, 6) is 0.245. The first-order valence-electron chi connectivity index (χ1n) is 12.7. The lowest BCUT2D eigenvalue weighted by atomic mass is 10.1. The Hall–Kier alpha value is -3.52. The molecule has 4 rings (SSSR count). The van der Waals surface area contributed by atoms with E-state index in [0.717, 1.165) is 28.5 Å². The van der Waals surface area contributed by atoms with Gasteiger partial charge in [-0.1, -0.05) is 29.8 Å². The molecule has 1 atom stereocenters. The molecule has 0 bridgehead atoms. The highest BCUT2D eigenvalue weighted by molar-refractivity contribution is 7.92. The molecule has 0 aromatic heterocycles. The van der Waals surface area contributed by atoms with Gasteiger partial charge in [0.05, 0.1) is 23.2 Å². The third-order valence-corrected chi connectivity index (χ3v) is 8.36. The zero-order chi connectivity index (χ0) is 26.4. The molecule has 0 aliphatic carbocycles. The summed E-state index contributed by atoms with van der Waals surface area (Å²) in [4.78, 5) is 15.6. The van der Waals surface area contributed by atoms with Crippen molar-refractivity contribution in [2.45, 2.75) is 44.6 Å². The van der Waals surface area contributed by atoms with Gasteiger partial charge in [0.2, 0.25) is 5.91 Å². The van der Waals surface area contributed by atoms with Crippen molar-refractivity contribution in [3.05, 3.63) is 83.9 Å². The molecular weight excluding hydrogens is 486 g/mol. The second-order valence-electron chi connectivity index (χ2n) is 9.33. The van der Waals surface area contributed by atoms with Crippen molar-refractivity contribution < 1.29 is 17.9 Å². The number of rotatable bonds is 10. The van der Waals surface area contributed by atoms with Crippen LogP contribution in [0.5, 0.6) is 5.75 Å². The van der Waals surface area contributed by atoms with Crippen molar-refractivity contribution in [1.29, 1.82) is 0 Å². The number of carbonyl (C=O) groups is 1. The van der Waals surface area contributed by atoms with Crippen LogP contribution in [0.3, 0.4) is 0 Å². The monoisotopic (exact) mass is 521 g/mol. The molecule has 0 spiro atoms. The molecule has 7 nitrogen and oxygen atoms in total. The molecule has 1 N–H and O–H groups in total. The first kappa shape index (κ1) is 26.5. The molecule has 1 aliphatic rings. The van der Waals surface area contributed by atoms with Crippen molar-refractivity contribution in [2.24, 2.45) is 0 Å². The first-order chi connectivity index (χ1) is 17.8. The molecule has 1 aliphatic heterocycles. The van der Waals surface area contributed by atoms with Gasteiger partial charge in [0, 0.05) is 18.8 Å². The Morgan fingerprint density at radius 2 is 1.59 bits per heavy atom. The van der Waals surface area contributed by atoms with E-state index in [-0.39, 0.29) is 23.4 Å². The Bertz CT molecular complexity index is 1280. The highest BCUT2D eigenvalue weighted by Crippen LogP contribution is 2.27. The number of amides is 1. The number of aryl methyl sites for hydroxylation is 1. The van der Waals surface area contributed by atoms with Gasteiger partial charge in [-0.3, -0.25) is 9.10 Å². The molecule has 1 saturated heterocycles. The van der Waals surface area contributed by atoms with Crippen LogP contribution in [0, 0.1) is 6.92 Å². The smallest absolute Gasteiger partial charge is 0.264 e. The van der Waals surface area contributed by atoms with E-state index in [4.69, 9.17) is 4.74 Å². The lowest BCUT2D eigenvalue weighted by molar-refractivity contribution is -0.120. The molecule has 3 aromatic rings. The predicted octanol–water partition coefficient (Wildman–Crippen LogP) is 5.07. The number of benzene rings is 3. The van der Waals surface area contributed by atoms with Crippen molar-refractivity contribution in [1.82, 2.24) is 5.32 Å². The zero-order valence-electron chi connectivity index (χ0n) is 21.7. The van der Waals surface area contributed by atoms with Crippen LogP contribution in [0.25, 0.3) is 0 Å². The first-order valence-corrected chi connectivity index (χ1v) is 14.2. The molecule has 1 heterocycles. The van der Waals surface area contributed by atoms with Crippen molar-refractivity contribution in [3.8, 4) is 5.75 Å². The van der Waals surface area contributed by atoms with E-state index in [0.29, 0.717) is 18.0 Å². The quantitative estimate of drug-likeness (QED) is 0.403. The van der Waals surface area contributed by atoms with Crippen LogP contribution in [0.15, 0.2) is 77.7 Å². The minimum Gasteiger partial charge on any atom is -0.494 e. The Balaban J connectivity index is 1.52. The summed E-state index contributed by atoms with van der Waals surface area (Å²) in [7, 11) is -3.98. The largest absolute Gasteiger partial charge is 0.494 e. The Kier molecular flexibility index (Phi) is 8.38. The van der Waals surface area contributed by atoms with Gasteiger partial charge in [-0.15, -0.1) is 0 Å². The number of anilines is 2. The van der Waals surface area contributed by atoms with Gasteiger partial charge in [0.15, 0.2) is 0 Å². The summed E-state index contributed by atoms with van der Waals surface area (Å²) in [6, 6.07) is 21.3. The van der Waals surface area contributed by atoms with Crippen molar-refractivity contribution in [2.75, 3.05) is 35.4 Å². The van der Waals surface area contributed by atoms with Gasteiger partial charge in [-0.25, -0.2) is 8.42 Å². The number of nitrogens with zero attached hydrogens (tertiary/aromatic N) is 2. The maximum Gasteiger partial charge on any atom is 0.264 e. The van der Waals surface area contributed by atoms with Crippen LogP contribution in [-0.4, -0.2) is 40.6 Å². The van der Waals surface area contributed by atoms with Crippen molar-refractivity contribution in [3.63, 3.8) is 0 Å². The maximum atomic E-state index is 13.6. The molecule has 196 valence electrons. The van der Waals surface area contributed by atoms with E-state index < -0.39 is 10.0 Å². The van der Waals surface area contributed by atoms with E-state index in [1.165, 1.54) is 18.5 Å². The minimum absolute atomic E-state index is 0.130. The SMILES string of the molecule is CCOc1ccc(N(CC(=O)NC(C)c2ccc(N3CCCC3)cc2)S(=O)(=O)c2ccc(C)cc2)cc1. The average molecular weight is 522 g/mol. The Morgan fingerprint density at radius 3 is 2.19 bits per heavy atom. The Labute approximate surface area is 220 Å². The lowest BCUT2D eigenvalue weighted by Crippen LogP contribution is -2.41. The number of sulfonamides is 1. The fraction of sp³-hybridized carbons (Fsp3) is 0.345. The highest BCUT2D eigenvalue weighted by atomic mass is 32.2. The van der Waals surface area contributed by atoms with Gasteiger partial charge in [-0.2, -0.15) is 0 Å². The summed E-state index contributed by atoms with van der Waals surface area (Å²) in [5.41, 5.74) is 3.49. The number of nitrogens with one attached hydrogen (secondary N) is 1. The van der Waals surface area contributed by atoms with E-state index in [2.05, 4.69) is 22.3 Å². The number of ether oxygens (including phenoxy) is 1. The molecule has 8 heteroatoms. The van der Waals surface area contributed by atoms with Gasteiger partial charge in [0.25, 0.3) is 10.0 Å². The highest BCUT2D eigenvalue weighted by Gasteiger charge is 2.28. The van der Waals surface area contributed by atoms with Crippen molar-refractivity contribution >= 4 is 27.3 Å². The van der Waals surface area contributed by atoms with E-state index >= 15 is 0 Å². The van der Waals surface area contributed by atoms with Gasteiger partial charge in [-0.05, 0) is 87.7 Å². The topological polar surface area (TPSA) is 79.0 Å². The van der Waals surface area contributed by atoms with Crippen LogP contribution in [0.1, 0.15) is 43.9 Å². The van der Waals surface area contributed by atoms with Gasteiger partial charge >= 0.3 is 0 Å². The van der Waals surface area contributed by atoms with Crippen LogP contribution < -0.4 is 19.3 Å². The van der Waals surface area contributed by atoms with Gasteiger partial charge < -0.3 is 15.0 Å². The van der Waals surface area contributed by atoms with E-state index in [1.807, 2.05) is 32.9 Å². The second-order valence-corrected chi connectivity index (χ2v) is 11.2. The third-order valence-electron chi connectivity index (χ3n) is 6.57. The maximum absolute atomic E-state index is 13.6. The molecule has 37 heavy (non-hydrogen) atoms. The number of hydrogen-bond donors (Lipinski definition) is 1. The average Bonchev–Trinajstić information content (AvgIpc) is 3.43. The second kappa shape index (κ2) is 11.7. The summed E-state index contributed by atoms with van der Waals surface area (Å²) < 4.78 is 33.9. The molecule has 0 saturated carbocycles. The zero-order valence-corrected chi connectivity index (χ0v) is 22.5. The normalized spacial score (nSPS) is 14.3. The molecule has 0 radical (unpaired) electrons. The summed E-state index contributed by atoms with van der Waals surface area (Å²) in [6.45, 7) is 7.98. The van der Waals surface area contributed by atoms with Crippen LogP contribution in [-0.2, 0) is 14.8 Å². The fourth-order valence-corrected chi connectivity index (χ4v) is 5.90. The number of hydrogen-bond acceptors (Lipinski definition) is 5. The summed E-state index contributed by atoms with van der Waals surface area (Å²) >= 11 is 0. The Morgan fingerprint density at radius 1 is 0.973 bits per heavy atom. The predicted molar refractivity (Wildman–Crippen MR) is 148 cm³/mol. The summed E-state index contributed by atoms with van der Waals surface area (Å²) in [6.07, 6.45) is 2.43. The minimum atomic E-state index is -3.98. The third kappa shape index (κ3) is 6.43. The lowest BCUT2D eigenvalue weighted by Gasteiger charge is -2.25. The van der Waals surface area contributed by atoms with E-state index in [9.17, 15) is 13.2 Å². The molecule has 1 amide bonds. The molecule has 1 unspecified atom stereocenters. The van der Waals surface area contributed by atoms with Crippen LogP contribution >= 0.6 is 0 Å². The fourth-order valence-electron chi connectivity index (χ4n) is 4.48. The van der Waals surface area contributed by atoms with Crippen LogP contribution in [0.2, 0.25) is 0 Å². The molecular formula is C29H35N3O4S. The van der Waals surface area contributed by atoms with Gasteiger partial charge in [0.1, 0.15) is 12.3 Å². The molecule has 3 aromatic carbocycles. The van der Waals surface area contributed by atoms with Crippen LogP contribution in [0.4, 0.5) is 11.4 Å². The summed E-state index contributed by atoms with van der Waals surface area (Å²) in [5, 5.41) is 2.97. The molecule has 1 fully saturated rings. The standard InChI is InChI=1S/C29H35N3O4S/c1-4-36-27-15-13-26(14-16-27)32(37(34,35)28-17-7-22(2)8-18-28)21-29(33)30-23(3)24-9-11-25(12-10-24)31-19-5-6-20-31/h7-18,23H,4-6,19-21H2,1-3H3,(H,30,33). The van der Waals surface area contributed by atoms with E-state index in [1.54, 1.807) is 48.5 Å². The number of carbonyl (C=O) groups excluding carboxylic acids is 1.